The van der Waals surface area contributed by atoms with Crippen molar-refractivity contribution in [1.82, 2.24) is 10.3 Å². The zero-order valence-corrected chi connectivity index (χ0v) is 12.4. The monoisotopic (exact) mass is 270 g/mol. The second-order valence-electron chi connectivity index (χ2n) is 5.03. The molecule has 106 valence electrons. The third-order valence-corrected chi connectivity index (χ3v) is 3.35. The van der Waals surface area contributed by atoms with Gasteiger partial charge in [0.1, 0.15) is 5.75 Å². The topological polar surface area (TPSA) is 34.1 Å². The van der Waals surface area contributed by atoms with Crippen LogP contribution in [0.2, 0.25) is 0 Å². The molecule has 1 aromatic heterocycles. The van der Waals surface area contributed by atoms with E-state index in [1.807, 2.05) is 38.4 Å². The summed E-state index contributed by atoms with van der Waals surface area (Å²) < 4.78 is 5.80. The van der Waals surface area contributed by atoms with Crippen LogP contribution in [0.1, 0.15) is 29.3 Å². The third kappa shape index (κ3) is 4.07. The Bertz CT molecular complexity index is 537. The number of nitrogens with one attached hydrogen (secondary N) is 1. The molecule has 0 radical (unpaired) electrons. The molecule has 1 heterocycles. The van der Waals surface area contributed by atoms with Gasteiger partial charge in [-0.15, -0.1) is 0 Å². The summed E-state index contributed by atoms with van der Waals surface area (Å²) in [6.07, 6.45) is 2.85. The third-order valence-electron chi connectivity index (χ3n) is 3.35. The first-order valence-electron chi connectivity index (χ1n) is 6.98. The molecule has 0 aliphatic rings. The zero-order valence-electron chi connectivity index (χ0n) is 12.4. The molecule has 1 unspecified atom stereocenters. The lowest BCUT2D eigenvalue weighted by atomic mass is 10.1. The summed E-state index contributed by atoms with van der Waals surface area (Å²) in [4.78, 5) is 4.34. The van der Waals surface area contributed by atoms with Crippen LogP contribution in [0, 0.1) is 13.8 Å². The van der Waals surface area contributed by atoms with Gasteiger partial charge in [-0.1, -0.05) is 18.2 Å². The minimum absolute atomic E-state index is 0.271. The molecule has 0 bridgehead atoms. The average Bonchev–Trinajstić information content (AvgIpc) is 2.45. The van der Waals surface area contributed by atoms with E-state index in [1.54, 1.807) is 0 Å². The number of benzene rings is 1. The standard InChI is InChI=1S/C17H22N2O/c1-13-5-4-6-16(11-13)20-10-9-17(18-3)15-8-7-14(2)19-12-15/h4-8,11-12,17-18H,9-10H2,1-3H3. The van der Waals surface area contributed by atoms with Gasteiger partial charge in [-0.2, -0.15) is 0 Å². The fourth-order valence-electron chi connectivity index (χ4n) is 2.16. The highest BCUT2D eigenvalue weighted by Gasteiger charge is 2.09. The van der Waals surface area contributed by atoms with E-state index in [0.717, 1.165) is 17.9 Å². The number of nitrogens with zero attached hydrogens (tertiary/aromatic N) is 1. The molecule has 0 aliphatic carbocycles. The number of hydrogen-bond donors (Lipinski definition) is 1. The number of aromatic nitrogens is 1. The van der Waals surface area contributed by atoms with Crippen molar-refractivity contribution in [2.45, 2.75) is 26.3 Å². The SMILES string of the molecule is CNC(CCOc1cccc(C)c1)c1ccc(C)nc1. The highest BCUT2D eigenvalue weighted by atomic mass is 16.5. The van der Waals surface area contributed by atoms with E-state index in [2.05, 4.69) is 35.4 Å². The summed E-state index contributed by atoms with van der Waals surface area (Å²) in [6, 6.07) is 12.6. The molecule has 0 saturated heterocycles. The van der Waals surface area contributed by atoms with E-state index in [1.165, 1.54) is 11.1 Å². The fourth-order valence-corrected chi connectivity index (χ4v) is 2.16. The van der Waals surface area contributed by atoms with Gasteiger partial charge in [0, 0.05) is 24.4 Å². The molecule has 2 aromatic rings. The quantitative estimate of drug-likeness (QED) is 0.873. The van der Waals surface area contributed by atoms with Crippen molar-refractivity contribution in [3.63, 3.8) is 0 Å². The molecule has 0 fully saturated rings. The van der Waals surface area contributed by atoms with Crippen molar-refractivity contribution >= 4 is 0 Å². The minimum atomic E-state index is 0.271. The molecular weight excluding hydrogens is 248 g/mol. The van der Waals surface area contributed by atoms with E-state index in [4.69, 9.17) is 4.74 Å². The Morgan fingerprint density at radius 2 is 2.05 bits per heavy atom. The zero-order chi connectivity index (χ0) is 14.4. The van der Waals surface area contributed by atoms with Gasteiger partial charge in [0.25, 0.3) is 0 Å². The van der Waals surface area contributed by atoms with Crippen molar-refractivity contribution in [1.29, 1.82) is 0 Å². The van der Waals surface area contributed by atoms with Crippen LogP contribution in [0.5, 0.6) is 5.75 Å². The lowest BCUT2D eigenvalue weighted by Crippen LogP contribution is -2.19. The molecule has 1 aromatic carbocycles. The lowest BCUT2D eigenvalue weighted by molar-refractivity contribution is 0.290. The van der Waals surface area contributed by atoms with Crippen LogP contribution >= 0.6 is 0 Å². The van der Waals surface area contributed by atoms with Crippen molar-refractivity contribution in [3.05, 3.63) is 59.4 Å². The number of rotatable bonds is 6. The molecule has 20 heavy (non-hydrogen) atoms. The van der Waals surface area contributed by atoms with Crippen LogP contribution in [0.3, 0.4) is 0 Å². The lowest BCUT2D eigenvalue weighted by Gasteiger charge is -2.17. The maximum Gasteiger partial charge on any atom is 0.119 e. The minimum Gasteiger partial charge on any atom is -0.494 e. The highest BCUT2D eigenvalue weighted by Crippen LogP contribution is 2.18. The van der Waals surface area contributed by atoms with Crippen molar-refractivity contribution in [2.75, 3.05) is 13.7 Å². The predicted molar refractivity (Wildman–Crippen MR) is 82.1 cm³/mol. The Hall–Kier alpha value is -1.87. The summed E-state index contributed by atoms with van der Waals surface area (Å²) in [5.74, 6) is 0.932. The van der Waals surface area contributed by atoms with Crippen molar-refractivity contribution < 1.29 is 4.74 Å². The van der Waals surface area contributed by atoms with Crippen LogP contribution in [-0.2, 0) is 0 Å². The van der Waals surface area contributed by atoms with E-state index in [-0.39, 0.29) is 6.04 Å². The van der Waals surface area contributed by atoms with Gasteiger partial charge in [-0.05, 0) is 50.2 Å². The number of aryl methyl sites for hydroxylation is 2. The molecule has 3 heteroatoms. The Labute approximate surface area is 121 Å². The second kappa shape index (κ2) is 7.06. The first-order valence-corrected chi connectivity index (χ1v) is 6.98. The summed E-state index contributed by atoms with van der Waals surface area (Å²) in [5.41, 5.74) is 3.46. The van der Waals surface area contributed by atoms with Gasteiger partial charge in [0.2, 0.25) is 0 Å². The van der Waals surface area contributed by atoms with Crippen molar-refractivity contribution in [3.8, 4) is 5.75 Å². The Morgan fingerprint density at radius 1 is 1.20 bits per heavy atom. The van der Waals surface area contributed by atoms with Gasteiger partial charge in [0.05, 0.1) is 6.61 Å². The number of hydrogen-bond acceptors (Lipinski definition) is 3. The fraction of sp³-hybridized carbons (Fsp3) is 0.353. The first kappa shape index (κ1) is 14.5. The van der Waals surface area contributed by atoms with Crippen LogP contribution in [0.25, 0.3) is 0 Å². The van der Waals surface area contributed by atoms with Gasteiger partial charge in [-0.3, -0.25) is 4.98 Å². The maximum atomic E-state index is 5.80. The average molecular weight is 270 g/mol. The van der Waals surface area contributed by atoms with Crippen LogP contribution in [0.15, 0.2) is 42.6 Å². The van der Waals surface area contributed by atoms with Crippen LogP contribution in [-0.4, -0.2) is 18.6 Å². The molecular formula is C17H22N2O. The van der Waals surface area contributed by atoms with Crippen LogP contribution in [0.4, 0.5) is 0 Å². The van der Waals surface area contributed by atoms with E-state index >= 15 is 0 Å². The summed E-state index contributed by atoms with van der Waals surface area (Å²) in [5, 5.41) is 3.32. The normalized spacial score (nSPS) is 12.2. The van der Waals surface area contributed by atoms with E-state index in [0.29, 0.717) is 6.61 Å². The summed E-state index contributed by atoms with van der Waals surface area (Å²) >= 11 is 0. The Morgan fingerprint density at radius 3 is 2.70 bits per heavy atom. The molecule has 0 aliphatic heterocycles. The van der Waals surface area contributed by atoms with Gasteiger partial charge in [0.15, 0.2) is 0 Å². The van der Waals surface area contributed by atoms with Crippen molar-refractivity contribution in [2.24, 2.45) is 0 Å². The number of pyridine rings is 1. The molecule has 1 N–H and O–H groups in total. The first-order chi connectivity index (χ1) is 9.69. The van der Waals surface area contributed by atoms with Gasteiger partial charge < -0.3 is 10.1 Å². The molecule has 0 saturated carbocycles. The molecule has 3 nitrogen and oxygen atoms in total. The van der Waals surface area contributed by atoms with E-state index in [9.17, 15) is 0 Å². The molecule has 2 rings (SSSR count). The smallest absolute Gasteiger partial charge is 0.119 e. The molecule has 0 amide bonds. The Kier molecular flexibility index (Phi) is 5.13. The Balaban J connectivity index is 1.89. The predicted octanol–water partition coefficient (Wildman–Crippen LogP) is 3.43. The maximum absolute atomic E-state index is 5.80. The highest BCUT2D eigenvalue weighted by molar-refractivity contribution is 5.27. The summed E-state index contributed by atoms with van der Waals surface area (Å²) in [7, 11) is 1.97. The molecule has 1 atom stereocenters. The molecule has 0 spiro atoms. The van der Waals surface area contributed by atoms with Crippen LogP contribution < -0.4 is 10.1 Å². The van der Waals surface area contributed by atoms with Gasteiger partial charge >= 0.3 is 0 Å². The number of ether oxygens (including phenoxy) is 1. The summed E-state index contributed by atoms with van der Waals surface area (Å²) in [6.45, 7) is 4.75. The largest absolute Gasteiger partial charge is 0.494 e. The van der Waals surface area contributed by atoms with Gasteiger partial charge in [-0.25, -0.2) is 0 Å². The van der Waals surface area contributed by atoms with E-state index < -0.39 is 0 Å². The second-order valence-corrected chi connectivity index (χ2v) is 5.03.